The maximum absolute atomic E-state index is 12.6. The van der Waals surface area contributed by atoms with Crippen LogP contribution >= 0.6 is 0 Å². The van der Waals surface area contributed by atoms with E-state index in [1.165, 1.54) is 21.1 Å². The van der Waals surface area contributed by atoms with Crippen LogP contribution in [0.25, 0.3) is 0 Å². The summed E-state index contributed by atoms with van der Waals surface area (Å²) in [6.45, 7) is 4.80. The fraction of sp³-hybridized carbons (Fsp3) is 0.615. The number of carbonyl (C=O) groups is 1. The molecule has 1 aromatic rings. The van der Waals surface area contributed by atoms with Gasteiger partial charge in [-0.15, -0.1) is 0 Å². The third-order valence-electron chi connectivity index (χ3n) is 3.65. The van der Waals surface area contributed by atoms with Crippen LogP contribution in [0.15, 0.2) is 17.2 Å². The topological polar surface area (TPSA) is 79.6 Å². The molecule has 0 amide bonds. The fourth-order valence-electron chi connectivity index (χ4n) is 2.63. The van der Waals surface area contributed by atoms with Gasteiger partial charge >= 0.3 is 5.97 Å². The van der Waals surface area contributed by atoms with E-state index < -0.39 is 16.0 Å². The van der Waals surface area contributed by atoms with Crippen LogP contribution in [0, 0.1) is 0 Å². The molecule has 1 aromatic heterocycles. The van der Waals surface area contributed by atoms with Crippen molar-refractivity contribution in [3.63, 3.8) is 0 Å². The van der Waals surface area contributed by atoms with Gasteiger partial charge in [-0.3, -0.25) is 0 Å². The normalized spacial score (nSPS) is 20.4. The van der Waals surface area contributed by atoms with Gasteiger partial charge in [0.1, 0.15) is 10.6 Å². The van der Waals surface area contributed by atoms with Crippen LogP contribution in [0.3, 0.4) is 0 Å². The molecule has 1 N–H and O–H groups in total. The molecule has 0 aliphatic carbocycles. The third kappa shape index (κ3) is 2.60. The van der Waals surface area contributed by atoms with Crippen molar-refractivity contribution in [1.82, 2.24) is 8.87 Å². The van der Waals surface area contributed by atoms with E-state index in [9.17, 15) is 13.2 Å². The van der Waals surface area contributed by atoms with Gasteiger partial charge in [-0.1, -0.05) is 6.92 Å². The molecular weight excluding hydrogens is 280 g/mol. The lowest BCUT2D eigenvalue weighted by atomic mass is 10.3. The Morgan fingerprint density at radius 2 is 2.20 bits per heavy atom. The number of hydrogen-bond acceptors (Lipinski definition) is 3. The zero-order valence-electron chi connectivity index (χ0n) is 11.7. The molecule has 0 radical (unpaired) electrons. The second kappa shape index (κ2) is 5.57. The van der Waals surface area contributed by atoms with E-state index >= 15 is 0 Å². The molecule has 6 nitrogen and oxygen atoms in total. The highest BCUT2D eigenvalue weighted by atomic mass is 32.2. The molecule has 1 aliphatic rings. The lowest BCUT2D eigenvalue weighted by Gasteiger charge is -2.19. The SMILES string of the molecule is CCCn1cc(S(=O)(=O)N2CCCC2C)cc1C(=O)O. The molecule has 0 aromatic carbocycles. The molecule has 1 fully saturated rings. The Morgan fingerprint density at radius 3 is 2.70 bits per heavy atom. The fourth-order valence-corrected chi connectivity index (χ4v) is 4.37. The minimum atomic E-state index is -3.59. The lowest BCUT2D eigenvalue weighted by Crippen LogP contribution is -2.33. The molecule has 112 valence electrons. The quantitative estimate of drug-likeness (QED) is 0.898. The summed E-state index contributed by atoms with van der Waals surface area (Å²) in [6.07, 6.45) is 3.88. The highest BCUT2D eigenvalue weighted by Crippen LogP contribution is 2.27. The molecule has 20 heavy (non-hydrogen) atoms. The van der Waals surface area contributed by atoms with Crippen molar-refractivity contribution in [3.05, 3.63) is 18.0 Å². The largest absolute Gasteiger partial charge is 0.477 e. The average molecular weight is 300 g/mol. The van der Waals surface area contributed by atoms with Crippen LogP contribution in [0.5, 0.6) is 0 Å². The third-order valence-corrected chi connectivity index (χ3v) is 5.63. The Kier molecular flexibility index (Phi) is 4.19. The van der Waals surface area contributed by atoms with Gasteiger partial charge in [0, 0.05) is 25.3 Å². The molecule has 1 atom stereocenters. The van der Waals surface area contributed by atoms with E-state index in [-0.39, 0.29) is 16.6 Å². The smallest absolute Gasteiger partial charge is 0.352 e. The summed E-state index contributed by atoms with van der Waals surface area (Å²) in [5, 5.41) is 9.16. The number of sulfonamides is 1. The number of carboxylic acid groups (broad SMARTS) is 1. The first-order valence-corrected chi connectivity index (χ1v) is 8.27. The second-order valence-corrected chi connectivity index (χ2v) is 7.06. The molecule has 2 rings (SSSR count). The Labute approximate surface area is 119 Å². The van der Waals surface area contributed by atoms with E-state index in [1.54, 1.807) is 0 Å². The molecule has 7 heteroatoms. The van der Waals surface area contributed by atoms with Crippen LogP contribution < -0.4 is 0 Å². The van der Waals surface area contributed by atoms with Crippen LogP contribution in [0.4, 0.5) is 0 Å². The highest BCUT2D eigenvalue weighted by Gasteiger charge is 2.34. The van der Waals surface area contributed by atoms with Gasteiger partial charge in [-0.25, -0.2) is 13.2 Å². The van der Waals surface area contributed by atoms with Gasteiger partial charge < -0.3 is 9.67 Å². The van der Waals surface area contributed by atoms with Crippen LogP contribution in [-0.4, -0.2) is 41.0 Å². The predicted octanol–water partition coefficient (Wildman–Crippen LogP) is 1.77. The molecule has 1 saturated heterocycles. The molecular formula is C13H20N2O4S. The standard InChI is InChI=1S/C13H20N2O4S/c1-3-6-14-9-11(8-12(14)13(16)17)20(18,19)15-7-4-5-10(15)2/h8-10H,3-7H2,1-2H3,(H,16,17). The van der Waals surface area contributed by atoms with Crippen molar-refractivity contribution in [3.8, 4) is 0 Å². The number of aromatic carboxylic acids is 1. The maximum Gasteiger partial charge on any atom is 0.352 e. The van der Waals surface area contributed by atoms with Crippen molar-refractivity contribution in [1.29, 1.82) is 0 Å². The zero-order chi connectivity index (χ0) is 14.9. The van der Waals surface area contributed by atoms with Crippen molar-refractivity contribution < 1.29 is 18.3 Å². The summed E-state index contributed by atoms with van der Waals surface area (Å²) < 4.78 is 28.1. The van der Waals surface area contributed by atoms with E-state index in [2.05, 4.69) is 0 Å². The van der Waals surface area contributed by atoms with E-state index in [0.29, 0.717) is 13.1 Å². The predicted molar refractivity (Wildman–Crippen MR) is 74.3 cm³/mol. The van der Waals surface area contributed by atoms with Gasteiger partial charge in [-0.2, -0.15) is 4.31 Å². The number of hydrogen-bond donors (Lipinski definition) is 1. The summed E-state index contributed by atoms with van der Waals surface area (Å²) >= 11 is 0. The van der Waals surface area contributed by atoms with Crippen LogP contribution in [0.2, 0.25) is 0 Å². The van der Waals surface area contributed by atoms with Gasteiger partial charge in [0.25, 0.3) is 0 Å². The summed E-state index contributed by atoms with van der Waals surface area (Å²) in [5.41, 5.74) is 0.0253. The highest BCUT2D eigenvalue weighted by molar-refractivity contribution is 7.89. The molecule has 2 heterocycles. The molecule has 0 bridgehead atoms. The van der Waals surface area contributed by atoms with Crippen LogP contribution in [0.1, 0.15) is 43.6 Å². The first-order chi connectivity index (χ1) is 9.37. The van der Waals surface area contributed by atoms with Crippen molar-refractivity contribution in [2.75, 3.05) is 6.54 Å². The summed E-state index contributed by atoms with van der Waals surface area (Å²) in [6, 6.07) is 1.24. The summed E-state index contributed by atoms with van der Waals surface area (Å²) in [5.74, 6) is -1.10. The molecule has 1 unspecified atom stereocenters. The Hall–Kier alpha value is -1.34. The monoisotopic (exact) mass is 300 g/mol. The van der Waals surface area contributed by atoms with Gasteiger partial charge in [0.15, 0.2) is 0 Å². The average Bonchev–Trinajstić information content (AvgIpc) is 2.96. The zero-order valence-corrected chi connectivity index (χ0v) is 12.6. The number of carboxylic acids is 1. The summed E-state index contributed by atoms with van der Waals surface area (Å²) in [4.78, 5) is 11.3. The number of nitrogens with zero attached hydrogens (tertiary/aromatic N) is 2. The van der Waals surface area contributed by atoms with Crippen LogP contribution in [-0.2, 0) is 16.6 Å². The summed E-state index contributed by atoms with van der Waals surface area (Å²) in [7, 11) is -3.59. The van der Waals surface area contributed by atoms with E-state index in [1.807, 2.05) is 13.8 Å². The number of aromatic nitrogens is 1. The number of rotatable bonds is 5. The molecule has 0 saturated carbocycles. The Morgan fingerprint density at radius 1 is 1.50 bits per heavy atom. The van der Waals surface area contributed by atoms with E-state index in [0.717, 1.165) is 19.3 Å². The maximum atomic E-state index is 12.6. The number of aryl methyl sites for hydroxylation is 1. The second-order valence-electron chi connectivity index (χ2n) is 5.17. The minimum absolute atomic E-state index is 0.0252. The molecule has 0 spiro atoms. The Balaban J connectivity index is 2.42. The van der Waals surface area contributed by atoms with Crippen molar-refractivity contribution in [2.24, 2.45) is 0 Å². The van der Waals surface area contributed by atoms with Gasteiger partial charge in [0.05, 0.1) is 0 Å². The minimum Gasteiger partial charge on any atom is -0.477 e. The lowest BCUT2D eigenvalue weighted by molar-refractivity contribution is 0.0685. The van der Waals surface area contributed by atoms with Gasteiger partial charge in [-0.05, 0) is 32.3 Å². The van der Waals surface area contributed by atoms with E-state index in [4.69, 9.17) is 5.11 Å². The Bertz CT molecular complexity index is 606. The molecule has 1 aliphatic heterocycles. The van der Waals surface area contributed by atoms with Crippen molar-refractivity contribution in [2.45, 2.75) is 50.6 Å². The van der Waals surface area contributed by atoms with Gasteiger partial charge in [0.2, 0.25) is 10.0 Å². The first kappa shape index (κ1) is 15.1. The van der Waals surface area contributed by atoms with Crippen molar-refractivity contribution >= 4 is 16.0 Å². The first-order valence-electron chi connectivity index (χ1n) is 6.83.